The zero-order valence-electron chi connectivity index (χ0n) is 7.19. The summed E-state index contributed by atoms with van der Waals surface area (Å²) in [6.07, 6.45) is 0.760. The fourth-order valence-corrected chi connectivity index (χ4v) is 0.827. The van der Waals surface area contributed by atoms with E-state index in [1.54, 1.807) is 36.6 Å². The number of ether oxygens (including phenoxy) is 1. The third kappa shape index (κ3) is 2.71. The maximum atomic E-state index is 11.2. The molecule has 0 aromatic heterocycles. The van der Waals surface area contributed by atoms with Gasteiger partial charge >= 0.3 is 5.97 Å². The van der Waals surface area contributed by atoms with Gasteiger partial charge in [0, 0.05) is 0 Å². The van der Waals surface area contributed by atoms with Gasteiger partial charge in [0.1, 0.15) is 0 Å². The molecule has 1 aromatic carbocycles. The van der Waals surface area contributed by atoms with Gasteiger partial charge in [0.25, 0.3) is 0 Å². The second-order valence-electron chi connectivity index (χ2n) is 2.53. The summed E-state index contributed by atoms with van der Waals surface area (Å²) in [5.74, 6) is -0.503. The van der Waals surface area contributed by atoms with Crippen LogP contribution in [0, 0.1) is 0 Å². The molecule has 1 unspecified atom stereocenters. The van der Waals surface area contributed by atoms with E-state index in [2.05, 4.69) is 0 Å². The average Bonchev–Trinajstić information content (AvgIpc) is 2.19. The molecule has 1 radical (unpaired) electrons. The van der Waals surface area contributed by atoms with E-state index in [0.717, 1.165) is 0 Å². The predicted octanol–water partition coefficient (Wildman–Crippen LogP) is 1.34. The van der Waals surface area contributed by atoms with Crippen LogP contribution in [-0.4, -0.2) is 18.4 Å². The Morgan fingerprint density at radius 1 is 1.38 bits per heavy atom. The van der Waals surface area contributed by atoms with Gasteiger partial charge in [-0.05, 0) is 19.1 Å². The zero-order valence-corrected chi connectivity index (χ0v) is 7.19. The molecule has 1 rings (SSSR count). The molecular weight excluding hydrogens is 168 g/mol. The van der Waals surface area contributed by atoms with E-state index >= 15 is 0 Å². The number of carbonyl (C=O) groups is 1. The normalized spacial score (nSPS) is 11.8. The lowest BCUT2D eigenvalue weighted by Crippen LogP contribution is -2.15. The number of hydrogen-bond donors (Lipinski definition) is 0. The van der Waals surface area contributed by atoms with E-state index in [9.17, 15) is 9.59 Å². The second-order valence-corrected chi connectivity index (χ2v) is 2.53. The van der Waals surface area contributed by atoms with Crippen LogP contribution in [0.15, 0.2) is 30.3 Å². The Morgan fingerprint density at radius 2 is 2.00 bits per heavy atom. The van der Waals surface area contributed by atoms with Gasteiger partial charge in [-0.2, -0.15) is 0 Å². The minimum atomic E-state index is -0.812. The SMILES string of the molecule is CC([C]=O)OC(=O)c1ccccc1. The summed E-state index contributed by atoms with van der Waals surface area (Å²) in [4.78, 5) is 21.3. The van der Waals surface area contributed by atoms with Crippen LogP contribution in [0.1, 0.15) is 17.3 Å². The van der Waals surface area contributed by atoms with Gasteiger partial charge in [0.15, 0.2) is 6.10 Å². The van der Waals surface area contributed by atoms with Gasteiger partial charge < -0.3 is 4.74 Å². The maximum absolute atomic E-state index is 11.2. The molecule has 0 aliphatic carbocycles. The van der Waals surface area contributed by atoms with Crippen molar-refractivity contribution in [2.45, 2.75) is 13.0 Å². The number of rotatable bonds is 3. The molecule has 3 nitrogen and oxygen atoms in total. The van der Waals surface area contributed by atoms with Crippen molar-refractivity contribution in [3.05, 3.63) is 35.9 Å². The van der Waals surface area contributed by atoms with Crippen molar-refractivity contribution in [1.82, 2.24) is 0 Å². The molecular formula is C10H9O3. The quantitative estimate of drug-likeness (QED) is 0.654. The Labute approximate surface area is 76.3 Å². The lowest BCUT2D eigenvalue weighted by Gasteiger charge is -2.05. The van der Waals surface area contributed by atoms with Crippen molar-refractivity contribution in [2.24, 2.45) is 0 Å². The van der Waals surface area contributed by atoms with Gasteiger partial charge in [-0.3, -0.25) is 4.79 Å². The standard InChI is InChI=1S/C10H9O3/c1-8(7-11)13-10(12)9-5-3-2-4-6-9/h2-6,8H,1H3. The lowest BCUT2D eigenvalue weighted by molar-refractivity contribution is 0.0448. The Morgan fingerprint density at radius 3 is 2.54 bits per heavy atom. The topological polar surface area (TPSA) is 43.4 Å². The summed E-state index contributed by atoms with van der Waals surface area (Å²) >= 11 is 0. The van der Waals surface area contributed by atoms with Gasteiger partial charge in [-0.1, -0.05) is 18.2 Å². The molecule has 0 N–H and O–H groups in total. The molecule has 0 saturated carbocycles. The summed E-state index contributed by atoms with van der Waals surface area (Å²) < 4.78 is 4.72. The predicted molar refractivity (Wildman–Crippen MR) is 47.0 cm³/mol. The molecule has 1 aromatic rings. The maximum Gasteiger partial charge on any atom is 0.338 e. The number of carbonyl (C=O) groups excluding carboxylic acids is 2. The van der Waals surface area contributed by atoms with Crippen molar-refractivity contribution in [1.29, 1.82) is 0 Å². The second kappa shape index (κ2) is 4.40. The van der Waals surface area contributed by atoms with Crippen LogP contribution in [0.5, 0.6) is 0 Å². The summed E-state index contributed by atoms with van der Waals surface area (Å²) in [6, 6.07) is 8.50. The van der Waals surface area contributed by atoms with E-state index in [4.69, 9.17) is 4.74 Å². The van der Waals surface area contributed by atoms with E-state index < -0.39 is 12.1 Å². The molecule has 0 bridgehead atoms. The first-order valence-electron chi connectivity index (χ1n) is 3.87. The van der Waals surface area contributed by atoms with Crippen LogP contribution in [0.4, 0.5) is 0 Å². The number of esters is 1. The molecule has 0 fully saturated rings. The van der Waals surface area contributed by atoms with Gasteiger partial charge in [0.05, 0.1) is 5.56 Å². The van der Waals surface area contributed by atoms with Gasteiger partial charge in [-0.25, -0.2) is 4.79 Å². The van der Waals surface area contributed by atoms with E-state index in [1.165, 1.54) is 6.92 Å². The summed E-state index contributed by atoms with van der Waals surface area (Å²) in [6.45, 7) is 1.47. The molecule has 0 heterocycles. The fraction of sp³-hybridized carbons (Fsp3) is 0.200. The fourth-order valence-electron chi connectivity index (χ4n) is 0.827. The van der Waals surface area contributed by atoms with Crippen LogP contribution in [0.2, 0.25) is 0 Å². The van der Waals surface area contributed by atoms with E-state index in [-0.39, 0.29) is 0 Å². The van der Waals surface area contributed by atoms with Crippen LogP contribution >= 0.6 is 0 Å². The first-order valence-corrected chi connectivity index (χ1v) is 3.87. The van der Waals surface area contributed by atoms with Crippen molar-refractivity contribution in [2.75, 3.05) is 0 Å². The number of hydrogen-bond acceptors (Lipinski definition) is 3. The molecule has 0 amide bonds. The zero-order chi connectivity index (χ0) is 9.68. The third-order valence-corrected chi connectivity index (χ3v) is 1.46. The van der Waals surface area contributed by atoms with Crippen molar-refractivity contribution >= 4 is 12.3 Å². The monoisotopic (exact) mass is 177 g/mol. The summed E-state index contributed by atoms with van der Waals surface area (Å²) in [7, 11) is 0. The van der Waals surface area contributed by atoms with Crippen LogP contribution in [0.25, 0.3) is 0 Å². The van der Waals surface area contributed by atoms with E-state index in [1.807, 2.05) is 0 Å². The molecule has 3 heteroatoms. The molecule has 0 aliphatic heterocycles. The Hall–Kier alpha value is -1.64. The van der Waals surface area contributed by atoms with Crippen LogP contribution in [0.3, 0.4) is 0 Å². The van der Waals surface area contributed by atoms with Crippen LogP contribution < -0.4 is 0 Å². The number of benzene rings is 1. The van der Waals surface area contributed by atoms with Gasteiger partial charge in [0.2, 0.25) is 6.29 Å². The van der Waals surface area contributed by atoms with Crippen LogP contribution in [-0.2, 0) is 9.53 Å². The highest BCUT2D eigenvalue weighted by Crippen LogP contribution is 2.02. The first kappa shape index (κ1) is 9.45. The summed E-state index contributed by atoms with van der Waals surface area (Å²) in [5.41, 5.74) is 0.435. The Balaban J connectivity index is 2.64. The molecule has 0 saturated heterocycles. The minimum absolute atomic E-state index is 0.435. The minimum Gasteiger partial charge on any atom is -0.451 e. The lowest BCUT2D eigenvalue weighted by atomic mass is 10.2. The first-order chi connectivity index (χ1) is 6.24. The molecule has 0 spiro atoms. The molecule has 0 aliphatic rings. The van der Waals surface area contributed by atoms with Crippen molar-refractivity contribution < 1.29 is 14.3 Å². The molecule has 67 valence electrons. The van der Waals surface area contributed by atoms with Crippen molar-refractivity contribution in [3.63, 3.8) is 0 Å². The largest absolute Gasteiger partial charge is 0.451 e. The summed E-state index contributed by atoms with van der Waals surface area (Å²) in [5, 5.41) is 0. The Bertz CT molecular complexity index is 292. The highest BCUT2D eigenvalue weighted by Gasteiger charge is 2.10. The Kier molecular flexibility index (Phi) is 3.20. The molecule has 13 heavy (non-hydrogen) atoms. The van der Waals surface area contributed by atoms with E-state index in [0.29, 0.717) is 5.56 Å². The third-order valence-electron chi connectivity index (χ3n) is 1.46. The smallest absolute Gasteiger partial charge is 0.338 e. The highest BCUT2D eigenvalue weighted by molar-refractivity contribution is 5.90. The molecule has 1 atom stereocenters. The average molecular weight is 177 g/mol. The van der Waals surface area contributed by atoms with Gasteiger partial charge in [-0.15, -0.1) is 0 Å². The highest BCUT2D eigenvalue weighted by atomic mass is 16.5. The van der Waals surface area contributed by atoms with Crippen molar-refractivity contribution in [3.8, 4) is 0 Å².